The molecule has 29 heavy (non-hydrogen) atoms. The maximum atomic E-state index is 14.8. The molecule has 2 aromatic rings. The number of aromatic nitrogens is 4. The third-order valence-corrected chi connectivity index (χ3v) is 6.78. The highest BCUT2D eigenvalue weighted by Gasteiger charge is 2.47. The number of anilines is 1. The van der Waals surface area contributed by atoms with Crippen LogP contribution in [0.25, 0.3) is 11.0 Å². The van der Waals surface area contributed by atoms with Gasteiger partial charge < -0.3 is 15.6 Å². The van der Waals surface area contributed by atoms with Crippen LogP contribution in [0.2, 0.25) is 0 Å². The minimum Gasteiger partial charge on any atom is -0.387 e. The number of aliphatic hydroxyl groups excluding tert-OH is 1. The van der Waals surface area contributed by atoms with Crippen LogP contribution in [0.3, 0.4) is 0 Å². The molecule has 0 spiro atoms. The Balaban J connectivity index is 1.65. The summed E-state index contributed by atoms with van der Waals surface area (Å²) < 4.78 is 48.0. The number of nitrogen functional groups attached to an aromatic ring is 1. The number of alkyl halides is 1. The molecule has 1 aliphatic heterocycles. The van der Waals surface area contributed by atoms with Crippen LogP contribution in [0.4, 0.5) is 10.2 Å². The molecule has 2 aromatic heterocycles. The third-order valence-electron chi connectivity index (χ3n) is 5.00. The summed E-state index contributed by atoms with van der Waals surface area (Å²) in [6, 6.07) is 0. The maximum absolute atomic E-state index is 14.8. The van der Waals surface area contributed by atoms with Gasteiger partial charge in [-0.2, -0.15) is 13.5 Å². The first-order valence-electron chi connectivity index (χ1n) is 9.04. The second kappa shape index (κ2) is 7.92. The Kier molecular flexibility index (Phi) is 5.65. The van der Waals surface area contributed by atoms with Crippen LogP contribution < -0.4 is 10.9 Å². The number of nitrogens with two attached hydrogens (primary N) is 2. The number of thioether (sulfide) groups is 1. The van der Waals surface area contributed by atoms with Crippen molar-refractivity contribution in [2.75, 3.05) is 12.3 Å². The first-order valence-corrected chi connectivity index (χ1v) is 11.4. The van der Waals surface area contributed by atoms with Gasteiger partial charge in [0.2, 0.25) is 0 Å². The van der Waals surface area contributed by atoms with E-state index in [1.54, 1.807) is 0 Å². The van der Waals surface area contributed by atoms with Crippen molar-refractivity contribution in [3.63, 3.8) is 0 Å². The van der Waals surface area contributed by atoms with Gasteiger partial charge in [0.1, 0.15) is 29.4 Å². The molecule has 4 atom stereocenters. The van der Waals surface area contributed by atoms with Crippen LogP contribution in [-0.2, 0) is 19.2 Å². The van der Waals surface area contributed by atoms with Crippen molar-refractivity contribution in [1.82, 2.24) is 19.7 Å². The van der Waals surface area contributed by atoms with Crippen molar-refractivity contribution in [3.8, 4) is 0 Å². The van der Waals surface area contributed by atoms with Crippen LogP contribution in [-0.4, -0.2) is 63.5 Å². The molecule has 5 N–H and O–H groups in total. The van der Waals surface area contributed by atoms with Gasteiger partial charge in [0.25, 0.3) is 0 Å². The third kappa shape index (κ3) is 4.18. The molecule has 11 nitrogen and oxygen atoms in total. The van der Waals surface area contributed by atoms with Crippen LogP contribution in [0, 0.1) is 0 Å². The van der Waals surface area contributed by atoms with E-state index in [1.165, 1.54) is 22.8 Å². The lowest BCUT2D eigenvalue weighted by Crippen LogP contribution is -2.33. The average Bonchev–Trinajstić information content (AvgIpc) is 3.35. The smallest absolute Gasteiger partial charge is 0.333 e. The number of aliphatic hydroxyl groups is 1. The number of ether oxygens (including phenoxy) is 1. The van der Waals surface area contributed by atoms with E-state index < -0.39 is 41.5 Å². The molecule has 4 rings (SSSR count). The van der Waals surface area contributed by atoms with E-state index in [0.717, 1.165) is 25.7 Å². The fourth-order valence-corrected chi connectivity index (χ4v) is 5.25. The van der Waals surface area contributed by atoms with Gasteiger partial charge in [-0.15, -0.1) is 11.8 Å². The normalized spacial score (nSPS) is 28.5. The summed E-state index contributed by atoms with van der Waals surface area (Å²) in [5.41, 5.74) is 6.30. The molecule has 0 radical (unpaired) electrons. The largest absolute Gasteiger partial charge is 0.387 e. The highest BCUT2D eigenvalue weighted by atomic mass is 32.2. The number of fused-ring (bicyclic) bond motifs is 1. The summed E-state index contributed by atoms with van der Waals surface area (Å²) in [6.07, 6.45) is -0.518. The Morgan fingerprint density at radius 2 is 2.10 bits per heavy atom. The zero-order valence-corrected chi connectivity index (χ0v) is 16.9. The Hall–Kier alpha value is -1.58. The lowest BCUT2D eigenvalue weighted by Gasteiger charge is -2.14. The van der Waals surface area contributed by atoms with Gasteiger partial charge in [0.15, 0.2) is 18.0 Å². The molecule has 0 aromatic carbocycles. The molecule has 1 saturated carbocycles. The predicted molar refractivity (Wildman–Crippen MR) is 102 cm³/mol. The Morgan fingerprint density at radius 3 is 2.79 bits per heavy atom. The predicted octanol–water partition coefficient (Wildman–Crippen LogP) is 0.260. The van der Waals surface area contributed by atoms with Gasteiger partial charge in [-0.1, -0.05) is 12.8 Å². The van der Waals surface area contributed by atoms with Crippen molar-refractivity contribution >= 4 is 38.9 Å². The maximum Gasteiger partial charge on any atom is 0.333 e. The minimum absolute atomic E-state index is 0.213. The SMILES string of the molecule is Nc1ncnc2c1c(SC1CCCC1)nn2[C@@H]1O[C@H](COS(N)(=O)=O)[C@@H](O)[C@@H]1F. The number of hydrogen-bond donors (Lipinski definition) is 3. The lowest BCUT2D eigenvalue weighted by molar-refractivity contribution is -0.0456. The summed E-state index contributed by atoms with van der Waals surface area (Å²) >= 11 is 1.54. The molecule has 1 aliphatic carbocycles. The molecule has 2 aliphatic rings. The number of nitrogens with zero attached hydrogens (tertiary/aromatic N) is 4. The molecule has 160 valence electrons. The molecular weight excluding hydrogens is 427 g/mol. The summed E-state index contributed by atoms with van der Waals surface area (Å²) in [4.78, 5) is 8.18. The topological polar surface area (TPSA) is 168 Å². The van der Waals surface area contributed by atoms with E-state index >= 15 is 0 Å². The Labute approximate surface area is 170 Å². The van der Waals surface area contributed by atoms with Crippen molar-refractivity contribution in [2.45, 2.75) is 60.6 Å². The number of rotatable bonds is 6. The fourth-order valence-electron chi connectivity index (χ4n) is 3.59. The van der Waals surface area contributed by atoms with E-state index in [2.05, 4.69) is 19.2 Å². The second-order valence-electron chi connectivity index (χ2n) is 7.01. The monoisotopic (exact) mass is 448 g/mol. The van der Waals surface area contributed by atoms with Crippen LogP contribution in [0.1, 0.15) is 31.9 Å². The molecular formula is C15H21FN6O5S2. The lowest BCUT2D eigenvalue weighted by atomic mass is 10.1. The van der Waals surface area contributed by atoms with E-state index in [0.29, 0.717) is 15.7 Å². The van der Waals surface area contributed by atoms with E-state index in [1.807, 2.05) is 0 Å². The zero-order valence-electron chi connectivity index (χ0n) is 15.2. The fraction of sp³-hybridized carbons (Fsp3) is 0.667. The van der Waals surface area contributed by atoms with E-state index in [4.69, 9.17) is 15.6 Å². The molecule has 0 bridgehead atoms. The van der Waals surface area contributed by atoms with Gasteiger partial charge in [-0.25, -0.2) is 24.2 Å². The number of halogens is 1. The average molecular weight is 449 g/mol. The summed E-state index contributed by atoms with van der Waals surface area (Å²) in [7, 11) is -4.26. The quantitative estimate of drug-likeness (QED) is 0.557. The number of hydrogen-bond acceptors (Lipinski definition) is 10. The molecule has 1 saturated heterocycles. The molecule has 0 unspecified atom stereocenters. The Morgan fingerprint density at radius 1 is 1.38 bits per heavy atom. The summed E-state index contributed by atoms with van der Waals surface area (Å²) in [6.45, 7) is -0.628. The zero-order chi connectivity index (χ0) is 20.8. The van der Waals surface area contributed by atoms with Crippen molar-refractivity contribution < 1.29 is 26.8 Å². The summed E-state index contributed by atoms with van der Waals surface area (Å²) in [5.74, 6) is 0.213. The van der Waals surface area contributed by atoms with Gasteiger partial charge in [-0.3, -0.25) is 4.18 Å². The van der Waals surface area contributed by atoms with Crippen molar-refractivity contribution in [2.24, 2.45) is 5.14 Å². The van der Waals surface area contributed by atoms with Gasteiger partial charge in [-0.05, 0) is 12.8 Å². The van der Waals surface area contributed by atoms with Crippen LogP contribution in [0.5, 0.6) is 0 Å². The van der Waals surface area contributed by atoms with Crippen LogP contribution in [0.15, 0.2) is 11.4 Å². The van der Waals surface area contributed by atoms with Gasteiger partial charge >= 0.3 is 10.3 Å². The standard InChI is InChI=1S/C15H21FN6O5S2/c16-10-11(23)8(5-26-29(18,24)25)27-15(10)22-13-9(12(17)19-6-20-13)14(21-22)28-7-3-1-2-4-7/h6-8,10-11,15,23H,1-5H2,(H2,17,19,20)(H2,18,24,25)/t8-,10+,11-,15-/m1/s1. The van der Waals surface area contributed by atoms with Gasteiger partial charge in [0.05, 0.1) is 12.0 Å². The molecule has 3 heterocycles. The Bertz CT molecular complexity index is 998. The molecule has 14 heteroatoms. The van der Waals surface area contributed by atoms with Gasteiger partial charge in [0, 0.05) is 5.25 Å². The van der Waals surface area contributed by atoms with Crippen molar-refractivity contribution in [1.29, 1.82) is 0 Å². The van der Waals surface area contributed by atoms with E-state index in [-0.39, 0.29) is 11.5 Å². The highest BCUT2D eigenvalue weighted by molar-refractivity contribution is 8.00. The highest BCUT2D eigenvalue weighted by Crippen LogP contribution is 2.41. The van der Waals surface area contributed by atoms with Crippen molar-refractivity contribution in [3.05, 3.63) is 6.33 Å². The minimum atomic E-state index is -4.26. The second-order valence-corrected chi connectivity index (χ2v) is 9.52. The summed E-state index contributed by atoms with van der Waals surface area (Å²) in [5, 5.41) is 20.8. The first kappa shape index (κ1) is 20.7. The molecule has 0 amide bonds. The van der Waals surface area contributed by atoms with E-state index in [9.17, 15) is 17.9 Å². The van der Waals surface area contributed by atoms with Crippen LogP contribution >= 0.6 is 11.8 Å². The first-order chi connectivity index (χ1) is 13.7. The molecule has 2 fully saturated rings.